The number of anilines is 1. The molecule has 1 aliphatic heterocycles. The molecule has 2 aliphatic rings. The number of carbonyl (C=O) groups excluding carboxylic acids is 1. The number of fused-ring (bicyclic) bond motifs is 1. The van der Waals surface area contributed by atoms with E-state index < -0.39 is 23.0 Å². The molecule has 2 heterocycles. The van der Waals surface area contributed by atoms with Crippen molar-refractivity contribution in [3.8, 4) is 0 Å². The lowest BCUT2D eigenvalue weighted by Crippen LogP contribution is -2.40. The number of aromatic nitrogens is 1. The van der Waals surface area contributed by atoms with Gasteiger partial charge < -0.3 is 10.3 Å². The summed E-state index contributed by atoms with van der Waals surface area (Å²) in [5.74, 6) is -0.711. The standard InChI is InChI=1S/C16H22FN5O3/c1-9(2)5-6-18-10-3-4-12-11(7-10)14(17)15(16(24)19-12)21-8-13(23)20-22(21)25/h9-10,18H,3-8H2,1-2H3,(H-,19,20,23,24,25)/p+1. The number of hydrazine groups is 2. The second kappa shape index (κ2) is 6.91. The topological polar surface area (TPSA) is 97.3 Å². The van der Waals surface area contributed by atoms with Gasteiger partial charge in [-0.05, 0) is 38.1 Å². The molecule has 1 amide bonds. The van der Waals surface area contributed by atoms with Crippen molar-refractivity contribution in [2.75, 3.05) is 18.1 Å². The molecule has 1 aromatic heterocycles. The Hall–Kier alpha value is -2.29. The van der Waals surface area contributed by atoms with E-state index in [-0.39, 0.29) is 17.6 Å². The average molecular weight is 352 g/mol. The van der Waals surface area contributed by atoms with E-state index in [1.54, 1.807) is 0 Å². The van der Waals surface area contributed by atoms with E-state index in [4.69, 9.17) is 0 Å². The fourth-order valence-corrected chi connectivity index (χ4v) is 3.29. The maximum absolute atomic E-state index is 15.0. The van der Waals surface area contributed by atoms with Crippen molar-refractivity contribution in [3.63, 3.8) is 0 Å². The van der Waals surface area contributed by atoms with Gasteiger partial charge in [0.1, 0.15) is 0 Å². The first-order valence-corrected chi connectivity index (χ1v) is 8.58. The molecule has 0 radical (unpaired) electrons. The molecule has 1 saturated heterocycles. The zero-order valence-corrected chi connectivity index (χ0v) is 14.4. The molecule has 1 fully saturated rings. The van der Waals surface area contributed by atoms with Crippen molar-refractivity contribution in [1.29, 1.82) is 0 Å². The van der Waals surface area contributed by atoms with Gasteiger partial charge in [-0.15, -0.1) is 0 Å². The van der Waals surface area contributed by atoms with Crippen molar-refractivity contribution >= 4 is 11.6 Å². The molecule has 1 aliphatic carbocycles. The van der Waals surface area contributed by atoms with Crippen molar-refractivity contribution in [1.82, 2.24) is 15.7 Å². The van der Waals surface area contributed by atoms with Crippen LogP contribution in [0.15, 0.2) is 4.79 Å². The van der Waals surface area contributed by atoms with Gasteiger partial charge >= 0.3 is 5.91 Å². The molecule has 3 rings (SSSR count). The summed E-state index contributed by atoms with van der Waals surface area (Å²) < 4.78 is 15.0. The third kappa shape index (κ3) is 3.55. The Morgan fingerprint density at radius 3 is 2.80 bits per heavy atom. The van der Waals surface area contributed by atoms with Crippen LogP contribution >= 0.6 is 0 Å². The number of rotatable bonds is 5. The maximum atomic E-state index is 15.0. The molecule has 136 valence electrons. The minimum absolute atomic E-state index is 0.101. The normalized spacial score (nSPS) is 20.2. The predicted molar refractivity (Wildman–Crippen MR) is 89.4 cm³/mol. The van der Waals surface area contributed by atoms with Gasteiger partial charge in [0.15, 0.2) is 12.4 Å². The number of aryl methyl sites for hydroxylation is 1. The van der Waals surface area contributed by atoms with Crippen molar-refractivity contribution in [2.45, 2.75) is 45.6 Å². The lowest BCUT2D eigenvalue weighted by atomic mass is 9.91. The Balaban J connectivity index is 1.84. The summed E-state index contributed by atoms with van der Waals surface area (Å²) in [6.07, 6.45) is 2.86. The number of aromatic amines is 1. The lowest BCUT2D eigenvalue weighted by Gasteiger charge is -2.26. The zero-order valence-electron chi connectivity index (χ0n) is 14.4. The molecule has 1 unspecified atom stereocenters. The van der Waals surface area contributed by atoms with Crippen molar-refractivity contribution in [2.24, 2.45) is 5.92 Å². The molecule has 1 aromatic rings. The van der Waals surface area contributed by atoms with Crippen molar-refractivity contribution in [3.05, 3.63) is 32.3 Å². The molecular weight excluding hydrogens is 329 g/mol. The minimum Gasteiger partial charge on any atom is -0.324 e. The van der Waals surface area contributed by atoms with E-state index >= 15 is 0 Å². The summed E-state index contributed by atoms with van der Waals surface area (Å²) in [7, 11) is 0. The third-order valence-electron chi connectivity index (χ3n) is 4.66. The van der Waals surface area contributed by atoms with Crippen LogP contribution < -0.4 is 21.3 Å². The monoisotopic (exact) mass is 352 g/mol. The largest absolute Gasteiger partial charge is 0.324 e. The molecule has 3 N–H and O–H groups in total. The molecular formula is C16H23FN5O3+. The summed E-state index contributed by atoms with van der Waals surface area (Å²) in [6, 6.07) is 0.126. The van der Waals surface area contributed by atoms with Gasteiger partial charge in [0.05, 0.1) is 4.91 Å². The quantitative estimate of drug-likeness (QED) is 0.673. The Kier molecular flexibility index (Phi) is 4.85. The van der Waals surface area contributed by atoms with Crippen LogP contribution in [0, 0.1) is 16.6 Å². The molecule has 25 heavy (non-hydrogen) atoms. The summed E-state index contributed by atoms with van der Waals surface area (Å²) in [5.41, 5.74) is 1.86. The van der Waals surface area contributed by atoms with Gasteiger partial charge in [-0.3, -0.25) is 9.59 Å². The number of hydrogen-bond acceptors (Lipinski definition) is 4. The lowest BCUT2D eigenvalue weighted by molar-refractivity contribution is -0.591. The summed E-state index contributed by atoms with van der Waals surface area (Å²) in [6.45, 7) is 4.77. The van der Waals surface area contributed by atoms with Crippen molar-refractivity contribution < 1.29 is 14.2 Å². The van der Waals surface area contributed by atoms with Crippen LogP contribution in [0.2, 0.25) is 0 Å². The maximum Gasteiger partial charge on any atom is 0.307 e. The number of hydrogen-bond donors (Lipinski definition) is 3. The molecule has 0 bridgehead atoms. The Morgan fingerprint density at radius 2 is 2.16 bits per heavy atom. The van der Waals surface area contributed by atoms with E-state index in [0.717, 1.165) is 24.4 Å². The van der Waals surface area contributed by atoms with Crippen LogP contribution in [0.3, 0.4) is 0 Å². The highest BCUT2D eigenvalue weighted by molar-refractivity contribution is 5.81. The van der Waals surface area contributed by atoms with Crippen LogP contribution in [-0.4, -0.2) is 35.0 Å². The van der Waals surface area contributed by atoms with Crippen LogP contribution in [-0.2, 0) is 17.6 Å². The zero-order chi connectivity index (χ0) is 18.1. The number of pyridine rings is 1. The van der Waals surface area contributed by atoms with Crippen LogP contribution in [0.4, 0.5) is 10.1 Å². The van der Waals surface area contributed by atoms with Gasteiger partial charge in [0.25, 0.3) is 10.5 Å². The summed E-state index contributed by atoms with van der Waals surface area (Å²) >= 11 is 0. The SMILES string of the molecule is CC(C)CCNC1CCc2[nH]c(=O)c(N3CC(=O)N[N+]3=O)c(F)c2C1. The van der Waals surface area contributed by atoms with E-state index in [0.29, 0.717) is 30.0 Å². The highest BCUT2D eigenvalue weighted by atomic mass is 19.1. The fraction of sp³-hybridized carbons (Fsp3) is 0.625. The number of nitroso groups, excluding NO2 is 1. The highest BCUT2D eigenvalue weighted by Gasteiger charge is 2.41. The predicted octanol–water partition coefficient (Wildman–Crippen LogP) is 0.552. The number of carbonyl (C=O) groups is 1. The van der Waals surface area contributed by atoms with Gasteiger partial charge in [-0.25, -0.2) is 4.39 Å². The molecule has 0 spiro atoms. The van der Waals surface area contributed by atoms with Gasteiger partial charge in [0.2, 0.25) is 5.69 Å². The average Bonchev–Trinajstić information content (AvgIpc) is 2.86. The number of nitrogens with zero attached hydrogens (tertiary/aromatic N) is 2. The minimum atomic E-state index is -0.716. The first-order valence-electron chi connectivity index (χ1n) is 8.58. The molecule has 9 heteroatoms. The molecule has 0 saturated carbocycles. The smallest absolute Gasteiger partial charge is 0.307 e. The molecule has 8 nitrogen and oxygen atoms in total. The highest BCUT2D eigenvalue weighted by Crippen LogP contribution is 2.27. The third-order valence-corrected chi connectivity index (χ3v) is 4.66. The van der Waals surface area contributed by atoms with Crippen LogP contribution in [0.5, 0.6) is 0 Å². The van der Waals surface area contributed by atoms with Crippen LogP contribution in [0.25, 0.3) is 0 Å². The van der Waals surface area contributed by atoms with E-state index in [2.05, 4.69) is 24.1 Å². The molecule has 0 aromatic carbocycles. The van der Waals surface area contributed by atoms with Gasteiger partial charge in [-0.1, -0.05) is 24.3 Å². The second-order valence-electron chi connectivity index (χ2n) is 7.02. The number of nitrogens with one attached hydrogen (secondary N) is 3. The summed E-state index contributed by atoms with van der Waals surface area (Å²) in [5, 5.41) is 4.21. The number of H-pyrrole nitrogens is 1. The van der Waals surface area contributed by atoms with E-state index in [1.165, 1.54) is 0 Å². The Labute approximate surface area is 144 Å². The van der Waals surface area contributed by atoms with Gasteiger partial charge in [0, 0.05) is 17.3 Å². The Bertz CT molecular complexity index is 761. The second-order valence-corrected chi connectivity index (χ2v) is 7.02. The molecule has 1 atom stereocenters. The first-order chi connectivity index (χ1) is 11.9. The van der Waals surface area contributed by atoms with Gasteiger partial charge in [-0.2, -0.15) is 0 Å². The van der Waals surface area contributed by atoms with Crippen LogP contribution in [0.1, 0.15) is 37.9 Å². The van der Waals surface area contributed by atoms with E-state index in [1.807, 2.05) is 5.43 Å². The number of amides is 1. The Morgan fingerprint density at radius 1 is 1.40 bits per heavy atom. The fourth-order valence-electron chi connectivity index (χ4n) is 3.29. The number of halogens is 1. The summed E-state index contributed by atoms with van der Waals surface area (Å²) in [4.78, 5) is 38.0. The first kappa shape index (κ1) is 17.5. The van der Waals surface area contributed by atoms with E-state index in [9.17, 15) is 18.9 Å².